The fourth-order valence-corrected chi connectivity index (χ4v) is 3.48. The summed E-state index contributed by atoms with van der Waals surface area (Å²) in [4.78, 5) is 9.36. The molecule has 4 rings (SSSR count). The highest BCUT2D eigenvalue weighted by Crippen LogP contribution is 2.31. The molecule has 0 amide bonds. The zero-order valence-electron chi connectivity index (χ0n) is 14.0. The lowest BCUT2D eigenvalue weighted by Gasteiger charge is -2.30. The standard InChI is InChI=1S/C20H22N4O/c21-15-9-3-5-11-17(15)23-19-13-7-1-4-10-16(13)22-20(24-19)14-8-2-6-12-18(14)25/h1-2,4,6-8,10,12,15,17,25H,3,5,9,11,21H2,(H,22,23,24)/t15-,17-/m1/s1. The Labute approximate surface area is 146 Å². The second kappa shape index (κ2) is 6.69. The third kappa shape index (κ3) is 3.15. The van der Waals surface area contributed by atoms with E-state index in [2.05, 4.69) is 10.3 Å². The minimum atomic E-state index is 0.135. The van der Waals surface area contributed by atoms with E-state index in [1.165, 1.54) is 12.8 Å². The van der Waals surface area contributed by atoms with Crippen molar-refractivity contribution in [2.24, 2.45) is 5.73 Å². The van der Waals surface area contributed by atoms with Gasteiger partial charge in [0.05, 0.1) is 11.1 Å². The van der Waals surface area contributed by atoms with Crippen molar-refractivity contribution in [3.05, 3.63) is 48.5 Å². The third-order valence-corrected chi connectivity index (χ3v) is 4.89. The van der Waals surface area contributed by atoms with Gasteiger partial charge in [0, 0.05) is 17.5 Å². The largest absolute Gasteiger partial charge is 0.507 e. The van der Waals surface area contributed by atoms with Crippen molar-refractivity contribution in [2.75, 3.05) is 5.32 Å². The Kier molecular flexibility index (Phi) is 4.24. The van der Waals surface area contributed by atoms with Crippen LogP contribution in [0.5, 0.6) is 5.75 Å². The van der Waals surface area contributed by atoms with Crippen molar-refractivity contribution >= 4 is 16.7 Å². The minimum absolute atomic E-state index is 0.135. The van der Waals surface area contributed by atoms with Crippen LogP contribution >= 0.6 is 0 Å². The van der Waals surface area contributed by atoms with Crippen molar-refractivity contribution in [3.8, 4) is 17.1 Å². The number of hydrogen-bond acceptors (Lipinski definition) is 5. The second-order valence-corrected chi connectivity index (χ2v) is 6.63. The molecule has 4 N–H and O–H groups in total. The number of aromatic hydroxyl groups is 1. The van der Waals surface area contributed by atoms with E-state index in [0.717, 1.165) is 29.6 Å². The molecule has 3 aromatic rings. The van der Waals surface area contributed by atoms with Crippen molar-refractivity contribution in [2.45, 2.75) is 37.8 Å². The van der Waals surface area contributed by atoms with Gasteiger partial charge < -0.3 is 16.2 Å². The van der Waals surface area contributed by atoms with E-state index >= 15 is 0 Å². The summed E-state index contributed by atoms with van der Waals surface area (Å²) in [6, 6.07) is 15.4. The van der Waals surface area contributed by atoms with E-state index in [0.29, 0.717) is 11.4 Å². The number of nitrogens with two attached hydrogens (primary N) is 1. The molecule has 1 fully saturated rings. The van der Waals surface area contributed by atoms with E-state index in [1.54, 1.807) is 12.1 Å². The van der Waals surface area contributed by atoms with Gasteiger partial charge in [-0.25, -0.2) is 9.97 Å². The van der Waals surface area contributed by atoms with Gasteiger partial charge in [0.25, 0.3) is 0 Å². The maximum Gasteiger partial charge on any atom is 0.165 e. The predicted molar refractivity (Wildman–Crippen MR) is 100 cm³/mol. The number of benzene rings is 2. The molecule has 5 nitrogen and oxygen atoms in total. The number of rotatable bonds is 3. The van der Waals surface area contributed by atoms with Crippen molar-refractivity contribution in [1.29, 1.82) is 0 Å². The fraction of sp³-hybridized carbons (Fsp3) is 0.300. The first kappa shape index (κ1) is 15.8. The van der Waals surface area contributed by atoms with E-state index in [1.807, 2.05) is 36.4 Å². The Morgan fingerprint density at radius 3 is 2.56 bits per heavy atom. The lowest BCUT2D eigenvalue weighted by Crippen LogP contribution is -2.42. The van der Waals surface area contributed by atoms with Gasteiger partial charge in [-0.15, -0.1) is 0 Å². The number of phenolic OH excluding ortho intramolecular Hbond substituents is 1. The number of anilines is 1. The van der Waals surface area contributed by atoms with Gasteiger partial charge in [-0.05, 0) is 37.1 Å². The van der Waals surface area contributed by atoms with Crippen LogP contribution in [-0.4, -0.2) is 27.2 Å². The molecular weight excluding hydrogens is 312 g/mol. The van der Waals surface area contributed by atoms with Crippen molar-refractivity contribution < 1.29 is 5.11 Å². The molecule has 1 aliphatic rings. The van der Waals surface area contributed by atoms with E-state index in [9.17, 15) is 5.11 Å². The Morgan fingerprint density at radius 1 is 0.960 bits per heavy atom. The molecular formula is C20H22N4O. The average Bonchev–Trinajstić information content (AvgIpc) is 2.64. The van der Waals surface area contributed by atoms with Crippen LogP contribution in [0.15, 0.2) is 48.5 Å². The van der Waals surface area contributed by atoms with Crippen LogP contribution in [-0.2, 0) is 0 Å². The molecule has 2 aromatic carbocycles. The Morgan fingerprint density at radius 2 is 1.72 bits per heavy atom. The van der Waals surface area contributed by atoms with Gasteiger partial charge in [0.2, 0.25) is 0 Å². The van der Waals surface area contributed by atoms with E-state index in [4.69, 9.17) is 10.7 Å². The first-order valence-corrected chi connectivity index (χ1v) is 8.79. The number of fused-ring (bicyclic) bond motifs is 1. The summed E-state index contributed by atoms with van der Waals surface area (Å²) in [5, 5.41) is 14.7. The molecule has 1 aliphatic carbocycles. The number of aromatic nitrogens is 2. The molecule has 128 valence electrons. The van der Waals surface area contributed by atoms with Crippen LogP contribution in [0.1, 0.15) is 25.7 Å². The van der Waals surface area contributed by atoms with Gasteiger partial charge in [0.1, 0.15) is 11.6 Å². The van der Waals surface area contributed by atoms with Gasteiger partial charge in [-0.3, -0.25) is 0 Å². The Bertz CT molecular complexity index is 896. The maximum absolute atomic E-state index is 10.2. The summed E-state index contributed by atoms with van der Waals surface area (Å²) in [6.07, 6.45) is 4.45. The SMILES string of the molecule is N[C@@H]1CCCC[C@H]1Nc1nc(-c2ccccc2O)nc2ccccc12. The van der Waals surface area contributed by atoms with Gasteiger partial charge in [0.15, 0.2) is 5.82 Å². The second-order valence-electron chi connectivity index (χ2n) is 6.63. The van der Waals surface area contributed by atoms with Crippen molar-refractivity contribution in [3.63, 3.8) is 0 Å². The average molecular weight is 334 g/mol. The number of hydrogen-bond donors (Lipinski definition) is 3. The Hall–Kier alpha value is -2.66. The highest BCUT2D eigenvalue weighted by atomic mass is 16.3. The molecule has 0 unspecified atom stereocenters. The van der Waals surface area contributed by atoms with Crippen LogP contribution in [0.2, 0.25) is 0 Å². The Balaban J connectivity index is 1.80. The molecule has 0 bridgehead atoms. The zero-order valence-corrected chi connectivity index (χ0v) is 14.0. The molecule has 0 saturated heterocycles. The zero-order chi connectivity index (χ0) is 17.2. The third-order valence-electron chi connectivity index (χ3n) is 4.89. The van der Waals surface area contributed by atoms with Crippen LogP contribution in [0.4, 0.5) is 5.82 Å². The predicted octanol–water partition coefficient (Wildman–Crippen LogP) is 3.68. The lowest BCUT2D eigenvalue weighted by molar-refractivity contribution is 0.403. The highest BCUT2D eigenvalue weighted by molar-refractivity contribution is 5.91. The van der Waals surface area contributed by atoms with Crippen LogP contribution in [0.25, 0.3) is 22.3 Å². The number of nitrogens with one attached hydrogen (secondary N) is 1. The molecule has 25 heavy (non-hydrogen) atoms. The molecule has 0 radical (unpaired) electrons. The molecule has 0 spiro atoms. The number of para-hydroxylation sites is 2. The highest BCUT2D eigenvalue weighted by Gasteiger charge is 2.23. The van der Waals surface area contributed by atoms with Crippen molar-refractivity contribution in [1.82, 2.24) is 9.97 Å². The number of phenols is 1. The number of nitrogens with zero attached hydrogens (tertiary/aromatic N) is 2. The summed E-state index contributed by atoms with van der Waals surface area (Å²) >= 11 is 0. The molecule has 1 saturated carbocycles. The topological polar surface area (TPSA) is 84.1 Å². The quantitative estimate of drug-likeness (QED) is 0.680. The van der Waals surface area contributed by atoms with E-state index < -0.39 is 0 Å². The summed E-state index contributed by atoms with van der Waals surface area (Å²) in [5.41, 5.74) is 7.78. The lowest BCUT2D eigenvalue weighted by atomic mass is 9.91. The molecule has 5 heteroatoms. The molecule has 1 aromatic heterocycles. The molecule has 1 heterocycles. The summed E-state index contributed by atoms with van der Waals surface area (Å²) in [7, 11) is 0. The fourth-order valence-electron chi connectivity index (χ4n) is 3.48. The maximum atomic E-state index is 10.2. The molecule has 0 aliphatic heterocycles. The summed E-state index contributed by atoms with van der Waals surface area (Å²) < 4.78 is 0. The van der Waals surface area contributed by atoms with Gasteiger partial charge >= 0.3 is 0 Å². The monoisotopic (exact) mass is 334 g/mol. The summed E-state index contributed by atoms with van der Waals surface area (Å²) in [6.45, 7) is 0. The molecule has 2 atom stereocenters. The van der Waals surface area contributed by atoms with Gasteiger partial charge in [-0.1, -0.05) is 37.1 Å². The smallest absolute Gasteiger partial charge is 0.165 e. The van der Waals surface area contributed by atoms with Gasteiger partial charge in [-0.2, -0.15) is 0 Å². The first-order valence-electron chi connectivity index (χ1n) is 8.79. The summed E-state index contributed by atoms with van der Waals surface area (Å²) in [5.74, 6) is 1.48. The van der Waals surface area contributed by atoms with E-state index in [-0.39, 0.29) is 17.8 Å². The normalized spacial score (nSPS) is 20.5. The first-order chi connectivity index (χ1) is 12.2. The van der Waals surface area contributed by atoms with Crippen LogP contribution < -0.4 is 11.1 Å². The van der Waals surface area contributed by atoms with Crippen LogP contribution in [0.3, 0.4) is 0 Å². The minimum Gasteiger partial charge on any atom is -0.507 e. The van der Waals surface area contributed by atoms with Crippen LogP contribution in [0, 0.1) is 0 Å².